The van der Waals surface area contributed by atoms with Gasteiger partial charge >= 0.3 is 11.9 Å². The van der Waals surface area contributed by atoms with Crippen molar-refractivity contribution in [2.45, 2.75) is 18.9 Å². The van der Waals surface area contributed by atoms with Crippen LogP contribution < -0.4 is 5.73 Å². The van der Waals surface area contributed by atoms with Crippen LogP contribution in [0.25, 0.3) is 0 Å². The maximum Gasteiger partial charge on any atom is 0.379 e. The van der Waals surface area contributed by atoms with Crippen molar-refractivity contribution in [3.63, 3.8) is 0 Å². The molecule has 1 aromatic rings. The van der Waals surface area contributed by atoms with Crippen molar-refractivity contribution < 1.29 is 18.3 Å². The first-order chi connectivity index (χ1) is 8.30. The monoisotopic (exact) mass is 341 g/mol. The average Bonchev–Trinajstić information content (AvgIpc) is 2.31. The number of hydrogen-bond donors (Lipinski definition) is 1. The molecule has 18 heavy (non-hydrogen) atoms. The molecular weight excluding hydrogens is 331 g/mol. The number of rotatable bonds is 4. The summed E-state index contributed by atoms with van der Waals surface area (Å²) in [6, 6.07) is 2.49. The zero-order chi connectivity index (χ0) is 13.9. The standard InChI is InChI=1S/C11H11BrClF2NO2/c1-2-18-10(17)11(14,15)9(16)7-5-6(12)3-4-8(7)13/h3-5,9H,2,16H2,1H3/t9-/m1/s1. The van der Waals surface area contributed by atoms with Crippen LogP contribution >= 0.6 is 27.5 Å². The molecular formula is C11H11BrClF2NO2. The van der Waals surface area contributed by atoms with E-state index in [4.69, 9.17) is 17.3 Å². The Morgan fingerprint density at radius 2 is 2.22 bits per heavy atom. The number of esters is 1. The fraction of sp³-hybridized carbons (Fsp3) is 0.364. The van der Waals surface area contributed by atoms with Crippen LogP contribution in [0, 0.1) is 0 Å². The highest BCUT2D eigenvalue weighted by Crippen LogP contribution is 2.35. The molecule has 0 bridgehead atoms. The largest absolute Gasteiger partial charge is 0.462 e. The zero-order valence-electron chi connectivity index (χ0n) is 9.42. The molecule has 0 saturated carbocycles. The van der Waals surface area contributed by atoms with E-state index in [0.717, 1.165) is 0 Å². The third-order valence-corrected chi connectivity index (χ3v) is 3.07. The Kier molecular flexibility index (Phi) is 5.07. The number of ether oxygens (including phenoxy) is 1. The summed E-state index contributed by atoms with van der Waals surface area (Å²) in [6.45, 7) is 1.29. The number of alkyl halides is 2. The van der Waals surface area contributed by atoms with E-state index in [1.54, 1.807) is 6.07 Å². The van der Waals surface area contributed by atoms with Crippen LogP contribution in [0.4, 0.5) is 8.78 Å². The predicted octanol–water partition coefficient (Wildman–Crippen LogP) is 3.30. The molecule has 0 unspecified atom stereocenters. The lowest BCUT2D eigenvalue weighted by Crippen LogP contribution is -2.41. The van der Waals surface area contributed by atoms with Crippen molar-refractivity contribution in [3.8, 4) is 0 Å². The smallest absolute Gasteiger partial charge is 0.379 e. The van der Waals surface area contributed by atoms with E-state index >= 15 is 0 Å². The second kappa shape index (κ2) is 5.95. The lowest BCUT2D eigenvalue weighted by atomic mass is 10.0. The van der Waals surface area contributed by atoms with Crippen molar-refractivity contribution in [2.75, 3.05) is 6.61 Å². The highest BCUT2D eigenvalue weighted by Gasteiger charge is 2.48. The minimum Gasteiger partial charge on any atom is -0.462 e. The topological polar surface area (TPSA) is 52.3 Å². The number of halogens is 4. The molecule has 1 rings (SSSR count). The summed E-state index contributed by atoms with van der Waals surface area (Å²) in [5.41, 5.74) is 5.39. The Morgan fingerprint density at radius 1 is 1.61 bits per heavy atom. The van der Waals surface area contributed by atoms with E-state index < -0.39 is 17.9 Å². The van der Waals surface area contributed by atoms with Gasteiger partial charge in [-0.2, -0.15) is 8.78 Å². The second-order valence-electron chi connectivity index (χ2n) is 3.49. The van der Waals surface area contributed by atoms with Crippen LogP contribution in [0.2, 0.25) is 5.02 Å². The summed E-state index contributed by atoms with van der Waals surface area (Å²) in [4.78, 5) is 11.2. The molecule has 7 heteroatoms. The predicted molar refractivity (Wildman–Crippen MR) is 67.7 cm³/mol. The van der Waals surface area contributed by atoms with Crippen LogP contribution in [0.1, 0.15) is 18.5 Å². The van der Waals surface area contributed by atoms with Gasteiger partial charge in [0.05, 0.1) is 6.61 Å². The number of carbonyl (C=O) groups excluding carboxylic acids is 1. The Bertz CT molecular complexity index is 457. The fourth-order valence-electron chi connectivity index (χ4n) is 1.30. The van der Waals surface area contributed by atoms with E-state index in [0.29, 0.717) is 4.47 Å². The SMILES string of the molecule is CCOC(=O)C(F)(F)[C@H](N)c1cc(Br)ccc1Cl. The molecule has 1 atom stereocenters. The van der Waals surface area contributed by atoms with Crippen molar-refractivity contribution in [1.29, 1.82) is 0 Å². The molecule has 1 aromatic carbocycles. The second-order valence-corrected chi connectivity index (χ2v) is 4.81. The molecule has 0 heterocycles. The van der Waals surface area contributed by atoms with Gasteiger partial charge in [0.15, 0.2) is 0 Å². The number of nitrogens with two attached hydrogens (primary N) is 1. The minimum absolute atomic E-state index is 0.0240. The quantitative estimate of drug-likeness (QED) is 0.854. The minimum atomic E-state index is -3.83. The van der Waals surface area contributed by atoms with Gasteiger partial charge in [-0.05, 0) is 30.7 Å². The van der Waals surface area contributed by atoms with Crippen LogP contribution in [0.5, 0.6) is 0 Å². The summed E-state index contributed by atoms with van der Waals surface area (Å²) in [5.74, 6) is -5.49. The number of carbonyl (C=O) groups is 1. The first-order valence-corrected chi connectivity index (χ1v) is 6.23. The lowest BCUT2D eigenvalue weighted by molar-refractivity contribution is -0.174. The first-order valence-electron chi connectivity index (χ1n) is 5.06. The molecule has 0 fully saturated rings. The first kappa shape index (κ1) is 15.3. The summed E-state index contributed by atoms with van der Waals surface area (Å²) >= 11 is 8.92. The van der Waals surface area contributed by atoms with Crippen molar-refractivity contribution in [2.24, 2.45) is 5.73 Å². The van der Waals surface area contributed by atoms with Gasteiger partial charge in [-0.25, -0.2) is 4.79 Å². The molecule has 0 aliphatic heterocycles. The van der Waals surface area contributed by atoms with E-state index in [9.17, 15) is 13.6 Å². The van der Waals surface area contributed by atoms with E-state index in [1.807, 2.05) is 0 Å². The van der Waals surface area contributed by atoms with Gasteiger partial charge in [0, 0.05) is 9.50 Å². The summed E-state index contributed by atoms with van der Waals surface area (Å²) < 4.78 is 32.3. The number of benzene rings is 1. The molecule has 0 amide bonds. The van der Waals surface area contributed by atoms with E-state index in [1.165, 1.54) is 19.1 Å². The lowest BCUT2D eigenvalue weighted by Gasteiger charge is -2.22. The van der Waals surface area contributed by atoms with Gasteiger partial charge in [-0.15, -0.1) is 0 Å². The summed E-state index contributed by atoms with van der Waals surface area (Å²) in [7, 11) is 0. The Labute approximate surface area is 116 Å². The van der Waals surface area contributed by atoms with Crippen molar-refractivity contribution >= 4 is 33.5 Å². The van der Waals surface area contributed by atoms with Gasteiger partial charge in [-0.3, -0.25) is 0 Å². The number of hydrogen-bond acceptors (Lipinski definition) is 3. The molecule has 0 aliphatic rings. The normalized spacial score (nSPS) is 13.2. The van der Waals surface area contributed by atoms with Crippen LogP contribution in [-0.4, -0.2) is 18.5 Å². The third kappa shape index (κ3) is 3.18. The summed E-state index contributed by atoms with van der Waals surface area (Å²) in [6.07, 6.45) is 0. The van der Waals surface area contributed by atoms with E-state index in [-0.39, 0.29) is 17.2 Å². The molecule has 0 radical (unpaired) electrons. The average molecular weight is 343 g/mol. The van der Waals surface area contributed by atoms with Crippen LogP contribution in [0.15, 0.2) is 22.7 Å². The molecule has 100 valence electrons. The Morgan fingerprint density at radius 3 is 2.78 bits per heavy atom. The fourth-order valence-corrected chi connectivity index (χ4v) is 1.92. The molecule has 0 aliphatic carbocycles. The Balaban J connectivity index is 3.08. The summed E-state index contributed by atoms with van der Waals surface area (Å²) in [5, 5.41) is 0.0645. The van der Waals surface area contributed by atoms with Crippen molar-refractivity contribution in [3.05, 3.63) is 33.3 Å². The van der Waals surface area contributed by atoms with Gasteiger partial charge in [0.1, 0.15) is 6.04 Å². The maximum atomic E-state index is 13.7. The highest BCUT2D eigenvalue weighted by molar-refractivity contribution is 9.10. The highest BCUT2D eigenvalue weighted by atomic mass is 79.9. The molecule has 0 aromatic heterocycles. The van der Waals surface area contributed by atoms with Crippen LogP contribution in [0.3, 0.4) is 0 Å². The van der Waals surface area contributed by atoms with Gasteiger partial charge < -0.3 is 10.5 Å². The van der Waals surface area contributed by atoms with Gasteiger partial charge in [0.2, 0.25) is 0 Å². The molecule has 0 saturated heterocycles. The van der Waals surface area contributed by atoms with Crippen molar-refractivity contribution in [1.82, 2.24) is 0 Å². The third-order valence-electron chi connectivity index (χ3n) is 2.23. The molecule has 0 spiro atoms. The Hall–Kier alpha value is -0.720. The van der Waals surface area contributed by atoms with Gasteiger partial charge in [0.25, 0.3) is 0 Å². The molecule has 2 N–H and O–H groups in total. The molecule has 3 nitrogen and oxygen atoms in total. The van der Waals surface area contributed by atoms with E-state index in [2.05, 4.69) is 20.7 Å². The van der Waals surface area contributed by atoms with Gasteiger partial charge in [-0.1, -0.05) is 27.5 Å². The zero-order valence-corrected chi connectivity index (χ0v) is 11.8. The van der Waals surface area contributed by atoms with Crippen LogP contribution in [-0.2, 0) is 9.53 Å². The maximum absolute atomic E-state index is 13.7.